The van der Waals surface area contributed by atoms with Crippen molar-refractivity contribution in [3.05, 3.63) is 11.7 Å². The summed E-state index contributed by atoms with van der Waals surface area (Å²) >= 11 is 0. The molecule has 0 fully saturated rings. The second-order valence-corrected chi connectivity index (χ2v) is 3.74. The molecule has 6 nitrogen and oxygen atoms in total. The fraction of sp³-hybridized carbons (Fsp3) is 0.800. The molecule has 0 bridgehead atoms. The predicted molar refractivity (Wildman–Crippen MR) is 58.4 cm³/mol. The van der Waals surface area contributed by atoms with Gasteiger partial charge in [-0.2, -0.15) is 4.98 Å². The Bertz CT molecular complexity index is 336. The number of ether oxygens (including phenoxy) is 2. The largest absolute Gasteiger partial charge is 0.383 e. The third-order valence-corrected chi connectivity index (χ3v) is 2.04. The summed E-state index contributed by atoms with van der Waals surface area (Å²) in [5.74, 6) is 0.826. The van der Waals surface area contributed by atoms with Crippen LogP contribution >= 0.6 is 0 Å². The lowest BCUT2D eigenvalue weighted by atomic mass is 10.2. The van der Waals surface area contributed by atoms with Crippen LogP contribution in [0.15, 0.2) is 4.52 Å². The summed E-state index contributed by atoms with van der Waals surface area (Å²) in [4.78, 5) is 4.07. The molecule has 0 saturated carbocycles. The van der Waals surface area contributed by atoms with Crippen LogP contribution in [0.2, 0.25) is 0 Å². The van der Waals surface area contributed by atoms with Crippen molar-refractivity contribution < 1.29 is 22.8 Å². The van der Waals surface area contributed by atoms with Crippen molar-refractivity contribution in [2.75, 3.05) is 26.9 Å². The van der Waals surface area contributed by atoms with Gasteiger partial charge in [0.05, 0.1) is 13.2 Å². The maximum Gasteiger partial charge on any atom is 0.261 e. The van der Waals surface area contributed by atoms with Gasteiger partial charge in [-0.05, 0) is 0 Å². The van der Waals surface area contributed by atoms with Gasteiger partial charge in [0, 0.05) is 26.0 Å². The maximum absolute atomic E-state index is 11.8. The molecule has 1 unspecified atom stereocenters. The lowest BCUT2D eigenvalue weighted by Crippen LogP contribution is -2.28. The minimum atomic E-state index is -2.46. The second-order valence-electron chi connectivity index (χ2n) is 3.74. The predicted octanol–water partition coefficient (Wildman–Crippen LogP) is 0.410. The first-order chi connectivity index (χ1) is 8.61. The molecule has 2 N–H and O–H groups in total. The number of nitrogens with zero attached hydrogens (tertiary/aromatic N) is 2. The maximum atomic E-state index is 11.8. The average molecular weight is 265 g/mol. The van der Waals surface area contributed by atoms with Crippen LogP contribution in [0, 0.1) is 0 Å². The molecule has 104 valence electrons. The van der Waals surface area contributed by atoms with Crippen LogP contribution < -0.4 is 5.73 Å². The van der Waals surface area contributed by atoms with E-state index >= 15 is 0 Å². The molecule has 0 aliphatic carbocycles. The normalized spacial score (nSPS) is 13.2. The third-order valence-electron chi connectivity index (χ3n) is 2.04. The number of hydrogen-bond donors (Lipinski definition) is 1. The van der Waals surface area contributed by atoms with Gasteiger partial charge >= 0.3 is 0 Å². The number of halogens is 2. The van der Waals surface area contributed by atoms with Crippen LogP contribution in [0.3, 0.4) is 0 Å². The van der Waals surface area contributed by atoms with Gasteiger partial charge in [-0.1, -0.05) is 5.16 Å². The molecule has 0 aliphatic heterocycles. The van der Waals surface area contributed by atoms with E-state index in [0.29, 0.717) is 31.2 Å². The molecule has 1 atom stereocenters. The fourth-order valence-corrected chi connectivity index (χ4v) is 1.31. The summed E-state index contributed by atoms with van der Waals surface area (Å²) in [5, 5.41) is 3.70. The Morgan fingerprint density at radius 3 is 2.83 bits per heavy atom. The highest BCUT2D eigenvalue weighted by molar-refractivity contribution is 4.89. The highest BCUT2D eigenvalue weighted by Crippen LogP contribution is 2.02. The Labute approximate surface area is 103 Å². The molecule has 8 heteroatoms. The molecule has 18 heavy (non-hydrogen) atoms. The molecule has 1 aromatic rings. The molecule has 0 aromatic carbocycles. The van der Waals surface area contributed by atoms with E-state index in [1.807, 2.05) is 0 Å². The van der Waals surface area contributed by atoms with E-state index in [9.17, 15) is 8.78 Å². The van der Waals surface area contributed by atoms with Crippen molar-refractivity contribution in [2.24, 2.45) is 5.73 Å². The van der Waals surface area contributed by atoms with Crippen molar-refractivity contribution in [3.8, 4) is 0 Å². The van der Waals surface area contributed by atoms with Crippen molar-refractivity contribution in [1.29, 1.82) is 0 Å². The SMILES string of the molecule is COCC(N)Cc1nc(CCOCC(F)F)no1. The van der Waals surface area contributed by atoms with E-state index < -0.39 is 13.0 Å². The summed E-state index contributed by atoms with van der Waals surface area (Å²) in [6.07, 6.45) is -1.72. The van der Waals surface area contributed by atoms with Crippen LogP contribution in [0.4, 0.5) is 8.78 Å². The summed E-state index contributed by atoms with van der Waals surface area (Å²) in [6.45, 7) is -0.0495. The highest BCUT2D eigenvalue weighted by Gasteiger charge is 2.11. The van der Waals surface area contributed by atoms with Crippen molar-refractivity contribution >= 4 is 0 Å². The van der Waals surface area contributed by atoms with Gasteiger partial charge in [0.2, 0.25) is 5.89 Å². The first-order valence-electron chi connectivity index (χ1n) is 5.53. The molecule has 0 spiro atoms. The molecular weight excluding hydrogens is 248 g/mol. The zero-order valence-electron chi connectivity index (χ0n) is 10.1. The van der Waals surface area contributed by atoms with Crippen LogP contribution in [0.1, 0.15) is 11.7 Å². The number of alkyl halides is 2. The Kier molecular flexibility index (Phi) is 6.69. The quantitative estimate of drug-likeness (QED) is 0.651. The summed E-state index contributed by atoms with van der Waals surface area (Å²) in [6, 6.07) is -0.210. The van der Waals surface area contributed by atoms with Gasteiger partial charge in [0.1, 0.15) is 6.61 Å². The summed E-state index contributed by atoms with van der Waals surface area (Å²) in [7, 11) is 1.56. The lowest BCUT2D eigenvalue weighted by Gasteiger charge is -2.05. The van der Waals surface area contributed by atoms with E-state index in [2.05, 4.69) is 10.1 Å². The minimum absolute atomic E-state index is 0.132. The zero-order chi connectivity index (χ0) is 13.4. The van der Waals surface area contributed by atoms with Gasteiger partial charge in [-0.3, -0.25) is 0 Å². The van der Waals surface area contributed by atoms with Gasteiger partial charge in [0.15, 0.2) is 5.82 Å². The molecule has 0 radical (unpaired) electrons. The Morgan fingerprint density at radius 1 is 1.39 bits per heavy atom. The molecule has 1 rings (SSSR count). The first-order valence-corrected chi connectivity index (χ1v) is 5.53. The first kappa shape index (κ1) is 14.9. The highest BCUT2D eigenvalue weighted by atomic mass is 19.3. The van der Waals surface area contributed by atoms with Crippen LogP contribution in [-0.4, -0.2) is 49.5 Å². The van der Waals surface area contributed by atoms with E-state index in [4.69, 9.17) is 19.7 Å². The molecular formula is C10H17F2N3O3. The number of rotatable bonds is 9. The van der Waals surface area contributed by atoms with Gasteiger partial charge < -0.3 is 19.7 Å². The van der Waals surface area contributed by atoms with Gasteiger partial charge in [-0.25, -0.2) is 8.78 Å². The second kappa shape index (κ2) is 8.06. The van der Waals surface area contributed by atoms with Crippen LogP contribution in [0.25, 0.3) is 0 Å². The smallest absolute Gasteiger partial charge is 0.261 e. The average Bonchev–Trinajstić information content (AvgIpc) is 2.72. The Morgan fingerprint density at radius 2 is 2.17 bits per heavy atom. The molecule has 1 aromatic heterocycles. The van der Waals surface area contributed by atoms with Crippen LogP contribution in [0.5, 0.6) is 0 Å². The third kappa shape index (κ3) is 5.99. The number of hydrogen-bond acceptors (Lipinski definition) is 6. The monoisotopic (exact) mass is 265 g/mol. The standard InChI is InChI=1S/C10H17F2N3O3/c1-16-5-7(13)4-10-14-9(15-18-10)2-3-17-6-8(11)12/h7-8H,2-6,13H2,1H3. The Balaban J connectivity index is 2.25. The summed E-state index contributed by atoms with van der Waals surface area (Å²) in [5.41, 5.74) is 5.72. The molecule has 1 heterocycles. The number of methoxy groups -OCH3 is 1. The summed E-state index contributed by atoms with van der Waals surface area (Å²) < 4.78 is 38.1. The van der Waals surface area contributed by atoms with Crippen molar-refractivity contribution in [2.45, 2.75) is 25.3 Å². The molecule has 0 amide bonds. The molecule has 0 aliphatic rings. The fourth-order valence-electron chi connectivity index (χ4n) is 1.31. The lowest BCUT2D eigenvalue weighted by molar-refractivity contribution is 0.0182. The van der Waals surface area contributed by atoms with Crippen LogP contribution in [-0.2, 0) is 22.3 Å². The minimum Gasteiger partial charge on any atom is -0.383 e. The molecule has 0 saturated heterocycles. The topological polar surface area (TPSA) is 83.4 Å². The van der Waals surface area contributed by atoms with E-state index in [-0.39, 0.29) is 12.6 Å². The van der Waals surface area contributed by atoms with Crippen molar-refractivity contribution in [1.82, 2.24) is 10.1 Å². The van der Waals surface area contributed by atoms with Gasteiger partial charge in [0.25, 0.3) is 6.43 Å². The zero-order valence-corrected chi connectivity index (χ0v) is 10.1. The van der Waals surface area contributed by atoms with Crippen molar-refractivity contribution in [3.63, 3.8) is 0 Å². The van der Waals surface area contributed by atoms with Gasteiger partial charge in [-0.15, -0.1) is 0 Å². The number of aromatic nitrogens is 2. The number of nitrogens with two attached hydrogens (primary N) is 1. The Hall–Kier alpha value is -1.12. The van der Waals surface area contributed by atoms with E-state index in [1.54, 1.807) is 7.11 Å². The van der Waals surface area contributed by atoms with E-state index in [1.165, 1.54) is 0 Å². The van der Waals surface area contributed by atoms with E-state index in [0.717, 1.165) is 0 Å².